The molecule has 1 atom stereocenters. The molecular formula is C19H22N4O2. The summed E-state index contributed by atoms with van der Waals surface area (Å²) in [4.78, 5) is 35.8. The molecule has 2 amide bonds. The molecule has 130 valence electrons. The fraction of sp³-hybridized carbons (Fsp3) is 0.368. The highest BCUT2D eigenvalue weighted by Gasteiger charge is 2.44. The molecule has 3 rings (SSSR count). The van der Waals surface area contributed by atoms with Gasteiger partial charge in [0.25, 0.3) is 11.8 Å². The molecule has 1 aliphatic rings. The Morgan fingerprint density at radius 2 is 1.92 bits per heavy atom. The van der Waals surface area contributed by atoms with E-state index in [0.717, 1.165) is 12.8 Å². The van der Waals surface area contributed by atoms with Gasteiger partial charge in [-0.2, -0.15) is 0 Å². The first-order valence-electron chi connectivity index (χ1n) is 8.41. The van der Waals surface area contributed by atoms with Gasteiger partial charge in [-0.15, -0.1) is 0 Å². The summed E-state index contributed by atoms with van der Waals surface area (Å²) >= 11 is 0. The van der Waals surface area contributed by atoms with Crippen molar-refractivity contribution in [2.45, 2.75) is 32.2 Å². The molecule has 1 saturated heterocycles. The molecule has 0 aliphatic carbocycles. The van der Waals surface area contributed by atoms with Gasteiger partial charge in [-0.25, -0.2) is 9.97 Å². The van der Waals surface area contributed by atoms with Crippen molar-refractivity contribution < 1.29 is 9.59 Å². The molecule has 6 heteroatoms. The largest absolute Gasteiger partial charge is 0.354 e. The molecule has 1 fully saturated rings. The highest BCUT2D eigenvalue weighted by Crippen LogP contribution is 2.37. The summed E-state index contributed by atoms with van der Waals surface area (Å²) in [6.45, 7) is 4.46. The van der Waals surface area contributed by atoms with Crippen LogP contribution in [0.1, 0.15) is 52.1 Å². The molecule has 25 heavy (non-hydrogen) atoms. The van der Waals surface area contributed by atoms with Crippen molar-refractivity contribution in [1.82, 2.24) is 20.2 Å². The Balaban J connectivity index is 2.01. The predicted octanol–water partition coefficient (Wildman–Crippen LogP) is 2.30. The summed E-state index contributed by atoms with van der Waals surface area (Å²) in [7, 11) is 1.57. The average molecular weight is 338 g/mol. The van der Waals surface area contributed by atoms with Crippen LogP contribution in [-0.2, 0) is 5.54 Å². The number of aromatic nitrogens is 2. The van der Waals surface area contributed by atoms with Crippen molar-refractivity contribution in [1.29, 1.82) is 0 Å². The van der Waals surface area contributed by atoms with Gasteiger partial charge in [0.1, 0.15) is 11.2 Å². The van der Waals surface area contributed by atoms with Crippen molar-refractivity contribution in [2.24, 2.45) is 0 Å². The number of benzene rings is 1. The Morgan fingerprint density at radius 1 is 1.20 bits per heavy atom. The monoisotopic (exact) mass is 338 g/mol. The Morgan fingerprint density at radius 3 is 2.60 bits per heavy atom. The lowest BCUT2D eigenvalue weighted by Crippen LogP contribution is -2.44. The molecule has 0 saturated carbocycles. The van der Waals surface area contributed by atoms with Crippen molar-refractivity contribution >= 4 is 11.8 Å². The Labute approximate surface area is 147 Å². The number of aryl methyl sites for hydroxylation is 1. The Hall–Kier alpha value is -2.76. The molecule has 2 aromatic rings. The molecule has 0 radical (unpaired) electrons. The van der Waals surface area contributed by atoms with Crippen molar-refractivity contribution in [3.8, 4) is 0 Å². The Bertz CT molecular complexity index is 806. The van der Waals surface area contributed by atoms with Crippen LogP contribution in [0, 0.1) is 6.92 Å². The predicted molar refractivity (Wildman–Crippen MR) is 94.2 cm³/mol. The van der Waals surface area contributed by atoms with Crippen LogP contribution in [0.4, 0.5) is 0 Å². The fourth-order valence-corrected chi connectivity index (χ4v) is 3.31. The van der Waals surface area contributed by atoms with Crippen LogP contribution in [0.15, 0.2) is 36.4 Å². The van der Waals surface area contributed by atoms with Gasteiger partial charge in [-0.3, -0.25) is 9.59 Å². The van der Waals surface area contributed by atoms with E-state index in [0.29, 0.717) is 29.3 Å². The van der Waals surface area contributed by atoms with Gasteiger partial charge in [0.05, 0.1) is 0 Å². The molecular weight excluding hydrogens is 316 g/mol. The second-order valence-corrected chi connectivity index (χ2v) is 6.50. The zero-order valence-electron chi connectivity index (χ0n) is 14.7. The minimum absolute atomic E-state index is 0.0350. The van der Waals surface area contributed by atoms with E-state index in [2.05, 4.69) is 15.3 Å². The number of nitrogens with zero attached hydrogens (tertiary/aromatic N) is 3. The SMILES string of the molecule is CNC(=O)c1cc(C)nc(C2(C)CCCN2C(=O)c2ccccc2)n1. The number of amides is 2. The molecule has 1 aromatic carbocycles. The van der Waals surface area contributed by atoms with Gasteiger partial charge in [0.2, 0.25) is 0 Å². The Kier molecular flexibility index (Phi) is 4.53. The maximum atomic E-state index is 13.0. The summed E-state index contributed by atoms with van der Waals surface area (Å²) in [6, 6.07) is 10.9. The average Bonchev–Trinajstić information content (AvgIpc) is 3.03. The zero-order valence-corrected chi connectivity index (χ0v) is 14.7. The van der Waals surface area contributed by atoms with E-state index >= 15 is 0 Å². The summed E-state index contributed by atoms with van der Waals surface area (Å²) in [5.74, 6) is 0.231. The standard InChI is InChI=1S/C19H22N4O2/c1-13-12-15(16(24)20-3)22-18(21-13)19(2)10-7-11-23(19)17(25)14-8-5-4-6-9-14/h4-6,8-9,12H,7,10-11H2,1-3H3,(H,20,24). The molecule has 0 bridgehead atoms. The second kappa shape index (κ2) is 6.63. The van der Waals surface area contributed by atoms with E-state index in [1.807, 2.05) is 49.1 Å². The van der Waals surface area contributed by atoms with Crippen LogP contribution in [0.3, 0.4) is 0 Å². The number of rotatable bonds is 3. The number of nitrogens with one attached hydrogen (secondary N) is 1. The van der Waals surface area contributed by atoms with Crippen molar-refractivity contribution in [3.05, 3.63) is 59.2 Å². The fourth-order valence-electron chi connectivity index (χ4n) is 3.31. The summed E-state index contributed by atoms with van der Waals surface area (Å²) < 4.78 is 0. The third-order valence-corrected chi connectivity index (χ3v) is 4.70. The molecule has 6 nitrogen and oxygen atoms in total. The third-order valence-electron chi connectivity index (χ3n) is 4.70. The zero-order chi connectivity index (χ0) is 18.0. The number of hydrogen-bond donors (Lipinski definition) is 1. The van der Waals surface area contributed by atoms with Crippen LogP contribution in [0.25, 0.3) is 0 Å². The lowest BCUT2D eigenvalue weighted by Gasteiger charge is -2.34. The minimum Gasteiger partial charge on any atom is -0.354 e. The molecule has 1 aromatic heterocycles. The summed E-state index contributed by atoms with van der Waals surface area (Å²) in [5, 5.41) is 2.59. The second-order valence-electron chi connectivity index (χ2n) is 6.50. The van der Waals surface area contributed by atoms with Crippen LogP contribution in [0.2, 0.25) is 0 Å². The molecule has 2 heterocycles. The molecule has 0 spiro atoms. The molecule has 1 N–H and O–H groups in total. The van der Waals surface area contributed by atoms with Gasteiger partial charge in [-0.05, 0) is 44.9 Å². The summed E-state index contributed by atoms with van der Waals surface area (Å²) in [6.07, 6.45) is 1.64. The van der Waals surface area contributed by atoms with Crippen molar-refractivity contribution in [2.75, 3.05) is 13.6 Å². The number of hydrogen-bond acceptors (Lipinski definition) is 4. The van der Waals surface area contributed by atoms with Crippen LogP contribution < -0.4 is 5.32 Å². The smallest absolute Gasteiger partial charge is 0.269 e. The van der Waals surface area contributed by atoms with Gasteiger partial charge in [0, 0.05) is 24.8 Å². The van der Waals surface area contributed by atoms with Crippen LogP contribution >= 0.6 is 0 Å². The normalized spacial score (nSPS) is 19.7. The van der Waals surface area contributed by atoms with Gasteiger partial charge in [-0.1, -0.05) is 18.2 Å². The molecule has 1 aliphatic heterocycles. The highest BCUT2D eigenvalue weighted by molar-refractivity contribution is 5.95. The number of carbonyl (C=O) groups excluding carboxylic acids is 2. The van der Waals surface area contributed by atoms with E-state index in [9.17, 15) is 9.59 Å². The number of likely N-dealkylation sites (tertiary alicyclic amines) is 1. The van der Waals surface area contributed by atoms with Crippen LogP contribution in [-0.4, -0.2) is 40.3 Å². The van der Waals surface area contributed by atoms with Crippen LogP contribution in [0.5, 0.6) is 0 Å². The van der Waals surface area contributed by atoms with E-state index < -0.39 is 5.54 Å². The third kappa shape index (κ3) is 3.12. The lowest BCUT2D eigenvalue weighted by atomic mass is 9.96. The number of carbonyl (C=O) groups is 2. The highest BCUT2D eigenvalue weighted by atomic mass is 16.2. The van der Waals surface area contributed by atoms with Gasteiger partial charge in [0.15, 0.2) is 5.82 Å². The lowest BCUT2D eigenvalue weighted by molar-refractivity contribution is 0.0603. The van der Waals surface area contributed by atoms with E-state index in [4.69, 9.17) is 0 Å². The van der Waals surface area contributed by atoms with Crippen molar-refractivity contribution in [3.63, 3.8) is 0 Å². The van der Waals surface area contributed by atoms with E-state index in [-0.39, 0.29) is 11.8 Å². The van der Waals surface area contributed by atoms with E-state index in [1.165, 1.54) is 0 Å². The first-order chi connectivity index (χ1) is 12.0. The minimum atomic E-state index is -0.623. The maximum absolute atomic E-state index is 13.0. The maximum Gasteiger partial charge on any atom is 0.269 e. The van der Waals surface area contributed by atoms with Gasteiger partial charge >= 0.3 is 0 Å². The van der Waals surface area contributed by atoms with Gasteiger partial charge < -0.3 is 10.2 Å². The molecule has 1 unspecified atom stereocenters. The van der Waals surface area contributed by atoms with E-state index in [1.54, 1.807) is 13.1 Å². The topological polar surface area (TPSA) is 75.2 Å². The first kappa shape index (κ1) is 17.1. The first-order valence-corrected chi connectivity index (χ1v) is 8.41. The summed E-state index contributed by atoms with van der Waals surface area (Å²) in [5.41, 5.74) is 1.06. The quantitative estimate of drug-likeness (QED) is 0.932.